The number of nitrogens with zero attached hydrogens (tertiary/aromatic N) is 1. The molecule has 1 heterocycles. The fourth-order valence-electron chi connectivity index (χ4n) is 3.71. The van der Waals surface area contributed by atoms with Gasteiger partial charge in [-0.3, -0.25) is 9.78 Å². The maximum atomic E-state index is 13.7. The minimum Gasteiger partial charge on any atom is -0.299 e. The van der Waals surface area contributed by atoms with E-state index in [1.54, 1.807) is 0 Å². The van der Waals surface area contributed by atoms with E-state index in [0.29, 0.717) is 0 Å². The van der Waals surface area contributed by atoms with Gasteiger partial charge in [0.1, 0.15) is 5.78 Å². The summed E-state index contributed by atoms with van der Waals surface area (Å²) < 4.78 is 79.9. The van der Waals surface area contributed by atoms with Crippen molar-refractivity contribution in [2.75, 3.05) is 0 Å². The molecule has 0 fully saturated rings. The first kappa shape index (κ1) is 24.5. The lowest BCUT2D eigenvalue weighted by atomic mass is 9.86. The van der Waals surface area contributed by atoms with Gasteiger partial charge in [0.05, 0.1) is 16.8 Å². The molecule has 33 heavy (non-hydrogen) atoms. The van der Waals surface area contributed by atoms with E-state index in [4.69, 9.17) is 0 Å². The summed E-state index contributed by atoms with van der Waals surface area (Å²) in [5, 5.41) is 0. The van der Waals surface area contributed by atoms with Crippen molar-refractivity contribution in [2.45, 2.75) is 45.0 Å². The van der Waals surface area contributed by atoms with E-state index >= 15 is 0 Å². The summed E-state index contributed by atoms with van der Waals surface area (Å²) in [6, 6.07) is 11.4. The molecule has 8 heteroatoms. The van der Waals surface area contributed by atoms with Crippen molar-refractivity contribution in [3.05, 3.63) is 99.9 Å². The van der Waals surface area contributed by atoms with E-state index < -0.39 is 29.4 Å². The first-order valence-electron chi connectivity index (χ1n) is 10.1. The van der Waals surface area contributed by atoms with Gasteiger partial charge in [-0.25, -0.2) is 0 Å². The molecule has 2 aromatic carbocycles. The maximum absolute atomic E-state index is 13.7. The number of pyridine rings is 1. The lowest BCUT2D eigenvalue weighted by Crippen LogP contribution is -2.18. The van der Waals surface area contributed by atoms with Crippen LogP contribution in [0.3, 0.4) is 0 Å². The highest BCUT2D eigenvalue weighted by Crippen LogP contribution is 2.39. The second-order valence-corrected chi connectivity index (χ2v) is 7.96. The van der Waals surface area contributed by atoms with Gasteiger partial charge in [-0.05, 0) is 54.8 Å². The number of rotatable bonds is 6. The Labute approximate surface area is 187 Å². The summed E-state index contributed by atoms with van der Waals surface area (Å²) in [6.45, 7) is 3.69. The molecule has 174 valence electrons. The predicted molar refractivity (Wildman–Crippen MR) is 112 cm³/mol. The highest BCUT2D eigenvalue weighted by Gasteiger charge is 2.37. The SMILES string of the molecule is Cc1ccc(C)c(CC(=O)C[C@@H](c2ccc(C(F)(F)F)cc2)c2ncccc2C(F)(F)F)c1. The molecule has 1 atom stereocenters. The summed E-state index contributed by atoms with van der Waals surface area (Å²) in [7, 11) is 0. The second-order valence-electron chi connectivity index (χ2n) is 7.96. The highest BCUT2D eigenvalue weighted by atomic mass is 19.4. The molecule has 2 nitrogen and oxygen atoms in total. The van der Waals surface area contributed by atoms with Crippen LogP contribution in [0.4, 0.5) is 26.3 Å². The Bertz CT molecular complexity index is 1130. The molecule has 1 aromatic heterocycles. The number of aryl methyl sites for hydroxylation is 2. The van der Waals surface area contributed by atoms with Crippen molar-refractivity contribution < 1.29 is 31.1 Å². The number of Topliss-reactive ketones (excluding diaryl/α,β-unsaturated/α-hetero) is 1. The Morgan fingerprint density at radius 2 is 1.58 bits per heavy atom. The molecule has 0 radical (unpaired) electrons. The molecule has 0 saturated heterocycles. The maximum Gasteiger partial charge on any atom is 0.418 e. The van der Waals surface area contributed by atoms with Crippen LogP contribution < -0.4 is 0 Å². The van der Waals surface area contributed by atoms with Crippen molar-refractivity contribution in [3.63, 3.8) is 0 Å². The number of hydrogen-bond donors (Lipinski definition) is 0. The molecule has 0 amide bonds. The highest BCUT2D eigenvalue weighted by molar-refractivity contribution is 5.82. The summed E-state index contributed by atoms with van der Waals surface area (Å²) in [5.74, 6) is -1.49. The largest absolute Gasteiger partial charge is 0.418 e. The van der Waals surface area contributed by atoms with Crippen LogP contribution in [0.1, 0.15) is 51.4 Å². The molecular weight excluding hydrogens is 444 g/mol. The van der Waals surface area contributed by atoms with E-state index in [1.165, 1.54) is 6.20 Å². The van der Waals surface area contributed by atoms with E-state index in [1.807, 2.05) is 32.0 Å². The van der Waals surface area contributed by atoms with Gasteiger partial charge >= 0.3 is 12.4 Å². The number of hydrogen-bond acceptors (Lipinski definition) is 2. The lowest BCUT2D eigenvalue weighted by Gasteiger charge is -2.21. The number of halogens is 6. The van der Waals surface area contributed by atoms with Gasteiger partial charge < -0.3 is 0 Å². The second kappa shape index (κ2) is 9.37. The zero-order chi connectivity index (χ0) is 24.4. The molecule has 0 bridgehead atoms. The third-order valence-corrected chi connectivity index (χ3v) is 5.44. The van der Waals surface area contributed by atoms with Crippen LogP contribution in [0.2, 0.25) is 0 Å². The van der Waals surface area contributed by atoms with Gasteiger partial charge in [0, 0.05) is 25.0 Å². The standard InChI is InChI=1S/C25H21F6NO/c1-15-5-6-16(2)18(12-15)13-20(33)14-21(17-7-9-19(10-8-17)24(26,27)28)23-22(25(29,30)31)4-3-11-32-23/h3-12,21H,13-14H2,1-2H3/t21-/m0/s1. The molecule has 0 aliphatic heterocycles. The van der Waals surface area contributed by atoms with Crippen LogP contribution >= 0.6 is 0 Å². The van der Waals surface area contributed by atoms with Gasteiger partial charge in [0.2, 0.25) is 0 Å². The number of benzene rings is 2. The summed E-state index contributed by atoms with van der Waals surface area (Å²) in [5.41, 5.74) is 0.377. The predicted octanol–water partition coefficient (Wildman–Crippen LogP) is 7.07. The molecule has 3 rings (SSSR count). The molecule has 0 aliphatic rings. The van der Waals surface area contributed by atoms with Gasteiger partial charge in [-0.1, -0.05) is 35.9 Å². The Hall–Kier alpha value is -3.16. The van der Waals surface area contributed by atoms with Crippen LogP contribution in [0.5, 0.6) is 0 Å². The van der Waals surface area contributed by atoms with Crippen molar-refractivity contribution in [3.8, 4) is 0 Å². The van der Waals surface area contributed by atoms with E-state index in [2.05, 4.69) is 4.98 Å². The fourth-order valence-corrected chi connectivity index (χ4v) is 3.71. The van der Waals surface area contributed by atoms with Gasteiger partial charge in [-0.2, -0.15) is 26.3 Å². The van der Waals surface area contributed by atoms with Crippen molar-refractivity contribution >= 4 is 5.78 Å². The average Bonchev–Trinajstić information content (AvgIpc) is 2.73. The van der Waals surface area contributed by atoms with Crippen molar-refractivity contribution in [1.29, 1.82) is 0 Å². The molecular formula is C25H21F6NO. The third kappa shape index (κ3) is 6.00. The Morgan fingerprint density at radius 1 is 0.909 bits per heavy atom. The molecule has 0 N–H and O–H groups in total. The smallest absolute Gasteiger partial charge is 0.299 e. The number of alkyl halides is 6. The topological polar surface area (TPSA) is 30.0 Å². The van der Waals surface area contributed by atoms with Crippen LogP contribution in [-0.2, 0) is 23.6 Å². The fraction of sp³-hybridized carbons (Fsp3) is 0.280. The van der Waals surface area contributed by atoms with E-state index in [0.717, 1.165) is 53.1 Å². The normalized spacial score (nSPS) is 13.1. The lowest BCUT2D eigenvalue weighted by molar-refractivity contribution is -0.139. The average molecular weight is 465 g/mol. The van der Waals surface area contributed by atoms with Crippen LogP contribution in [-0.4, -0.2) is 10.8 Å². The van der Waals surface area contributed by atoms with Crippen LogP contribution in [0.15, 0.2) is 60.8 Å². The first-order chi connectivity index (χ1) is 15.4. The number of carbonyl (C=O) groups excluding carboxylic acids is 1. The monoisotopic (exact) mass is 465 g/mol. The Morgan fingerprint density at radius 3 is 2.18 bits per heavy atom. The molecule has 0 aliphatic carbocycles. The van der Waals surface area contributed by atoms with Crippen LogP contribution in [0, 0.1) is 13.8 Å². The molecule has 0 saturated carbocycles. The quantitative estimate of drug-likeness (QED) is 0.365. The van der Waals surface area contributed by atoms with Crippen molar-refractivity contribution in [2.24, 2.45) is 0 Å². The zero-order valence-electron chi connectivity index (χ0n) is 17.9. The van der Waals surface area contributed by atoms with Crippen molar-refractivity contribution in [1.82, 2.24) is 4.98 Å². The van der Waals surface area contributed by atoms with E-state index in [9.17, 15) is 31.1 Å². The molecule has 0 unspecified atom stereocenters. The Kier molecular flexibility index (Phi) is 6.95. The number of carbonyl (C=O) groups is 1. The van der Waals surface area contributed by atoms with Crippen LogP contribution in [0.25, 0.3) is 0 Å². The number of ketones is 1. The van der Waals surface area contributed by atoms with Gasteiger partial charge in [0.25, 0.3) is 0 Å². The molecule has 0 spiro atoms. The minimum atomic E-state index is -4.73. The minimum absolute atomic E-state index is 0.00116. The summed E-state index contributed by atoms with van der Waals surface area (Å²) in [4.78, 5) is 16.8. The first-order valence-corrected chi connectivity index (χ1v) is 10.1. The van der Waals surface area contributed by atoms with E-state index in [-0.39, 0.29) is 29.9 Å². The zero-order valence-corrected chi connectivity index (χ0v) is 17.9. The van der Waals surface area contributed by atoms with Gasteiger partial charge in [0.15, 0.2) is 0 Å². The third-order valence-electron chi connectivity index (χ3n) is 5.44. The molecule has 3 aromatic rings. The Balaban J connectivity index is 2.01. The van der Waals surface area contributed by atoms with Gasteiger partial charge in [-0.15, -0.1) is 0 Å². The summed E-state index contributed by atoms with van der Waals surface area (Å²) >= 11 is 0. The summed E-state index contributed by atoms with van der Waals surface area (Å²) in [6.07, 6.45) is -8.48. The number of aromatic nitrogens is 1.